The fraction of sp³-hybridized carbons (Fsp3) is 0.160. The standard InChI is InChI=1S/C25H21BrClIN2O3S/c1-14-9-18(27)7-8-20(14)29-25-30-24(31)22(34-25)12-16-10-19(28)23(21(11-16)32-2)33-13-15-3-5-17(26)6-4-15/h3-12,25,29H,13H2,1-2H3,(H,30,31)/b22-12-. The van der Waals surface area contributed by atoms with Gasteiger partial charge in [-0.3, -0.25) is 4.79 Å². The number of rotatable bonds is 7. The van der Waals surface area contributed by atoms with Crippen molar-refractivity contribution in [3.63, 3.8) is 0 Å². The minimum atomic E-state index is -0.270. The Morgan fingerprint density at radius 2 is 1.97 bits per heavy atom. The monoisotopic (exact) mass is 670 g/mol. The van der Waals surface area contributed by atoms with E-state index in [0.717, 1.165) is 30.4 Å². The molecule has 0 spiro atoms. The number of thioether (sulfide) groups is 1. The van der Waals surface area contributed by atoms with Crippen LogP contribution in [0.4, 0.5) is 5.69 Å². The first-order valence-corrected chi connectivity index (χ1v) is 13.4. The third kappa shape index (κ3) is 6.21. The van der Waals surface area contributed by atoms with Crippen LogP contribution >= 0.6 is 61.9 Å². The van der Waals surface area contributed by atoms with E-state index in [2.05, 4.69) is 49.2 Å². The minimum absolute atomic E-state index is 0.126. The highest BCUT2D eigenvalue weighted by Gasteiger charge is 2.27. The molecule has 1 aliphatic rings. The molecule has 1 fully saturated rings. The molecule has 1 saturated heterocycles. The summed E-state index contributed by atoms with van der Waals surface area (Å²) in [6.07, 6.45) is 1.86. The Morgan fingerprint density at radius 1 is 1.21 bits per heavy atom. The molecule has 0 saturated carbocycles. The lowest BCUT2D eigenvalue weighted by molar-refractivity contribution is -0.116. The summed E-state index contributed by atoms with van der Waals surface area (Å²) in [7, 11) is 1.61. The van der Waals surface area contributed by atoms with E-state index in [1.54, 1.807) is 7.11 Å². The number of ether oxygens (including phenoxy) is 2. The minimum Gasteiger partial charge on any atom is -0.493 e. The lowest BCUT2D eigenvalue weighted by Gasteiger charge is -2.15. The summed E-state index contributed by atoms with van der Waals surface area (Å²) in [5.74, 6) is 1.17. The predicted octanol–water partition coefficient (Wildman–Crippen LogP) is 7.20. The lowest BCUT2D eigenvalue weighted by Crippen LogP contribution is -2.31. The number of methoxy groups -OCH3 is 1. The molecule has 1 aliphatic heterocycles. The van der Waals surface area contributed by atoms with E-state index in [1.165, 1.54) is 11.8 Å². The molecule has 5 nitrogen and oxygen atoms in total. The second-order valence-electron chi connectivity index (χ2n) is 7.53. The summed E-state index contributed by atoms with van der Waals surface area (Å²) in [4.78, 5) is 13.2. The van der Waals surface area contributed by atoms with E-state index in [0.29, 0.717) is 28.0 Å². The zero-order chi connectivity index (χ0) is 24.2. The summed E-state index contributed by atoms with van der Waals surface area (Å²) in [5, 5.41) is 6.99. The van der Waals surface area contributed by atoms with Crippen molar-refractivity contribution in [3.8, 4) is 11.5 Å². The van der Waals surface area contributed by atoms with E-state index in [4.69, 9.17) is 21.1 Å². The molecule has 4 rings (SSSR count). The van der Waals surface area contributed by atoms with Crippen LogP contribution in [0.25, 0.3) is 6.08 Å². The van der Waals surface area contributed by atoms with Crippen molar-refractivity contribution in [2.45, 2.75) is 19.0 Å². The Bertz CT molecular complexity index is 1250. The van der Waals surface area contributed by atoms with Crippen LogP contribution in [0.2, 0.25) is 5.02 Å². The van der Waals surface area contributed by atoms with Crippen LogP contribution in [0.1, 0.15) is 16.7 Å². The Hall–Kier alpha value is -1.88. The average Bonchev–Trinajstić information content (AvgIpc) is 3.14. The molecule has 34 heavy (non-hydrogen) atoms. The van der Waals surface area contributed by atoms with Gasteiger partial charge in [0.05, 0.1) is 15.6 Å². The van der Waals surface area contributed by atoms with Crippen molar-refractivity contribution >= 4 is 79.6 Å². The molecular formula is C25H21BrClIN2O3S. The van der Waals surface area contributed by atoms with Crippen LogP contribution < -0.4 is 20.1 Å². The van der Waals surface area contributed by atoms with E-state index in [9.17, 15) is 4.79 Å². The Balaban J connectivity index is 1.49. The largest absolute Gasteiger partial charge is 0.493 e. The van der Waals surface area contributed by atoms with E-state index in [-0.39, 0.29) is 11.4 Å². The first-order valence-electron chi connectivity index (χ1n) is 10.3. The maximum atomic E-state index is 12.6. The maximum absolute atomic E-state index is 12.6. The van der Waals surface area contributed by atoms with E-state index >= 15 is 0 Å². The topological polar surface area (TPSA) is 59.6 Å². The van der Waals surface area contributed by atoms with Gasteiger partial charge in [-0.05, 0) is 94.7 Å². The maximum Gasteiger partial charge on any atom is 0.260 e. The molecule has 0 aliphatic carbocycles. The number of halogens is 3. The number of nitrogens with one attached hydrogen (secondary N) is 2. The van der Waals surface area contributed by atoms with Crippen LogP contribution in [-0.2, 0) is 11.4 Å². The van der Waals surface area contributed by atoms with Crippen molar-refractivity contribution in [1.29, 1.82) is 0 Å². The Labute approximate surface area is 229 Å². The molecule has 1 amide bonds. The van der Waals surface area contributed by atoms with Gasteiger partial charge in [-0.25, -0.2) is 0 Å². The van der Waals surface area contributed by atoms with Gasteiger partial charge in [0, 0.05) is 15.2 Å². The average molecular weight is 672 g/mol. The zero-order valence-corrected chi connectivity index (χ0v) is 23.6. The smallest absolute Gasteiger partial charge is 0.260 e. The molecule has 9 heteroatoms. The number of carbonyl (C=O) groups excluding carboxylic acids is 1. The quantitative estimate of drug-likeness (QED) is 0.206. The molecule has 0 radical (unpaired) electrons. The highest BCUT2D eigenvalue weighted by molar-refractivity contribution is 14.1. The summed E-state index contributed by atoms with van der Waals surface area (Å²) in [5.41, 5.74) is 3.58. The number of hydrogen-bond acceptors (Lipinski definition) is 5. The number of amides is 1. The molecule has 3 aromatic rings. The molecule has 1 heterocycles. The number of carbonyl (C=O) groups is 1. The van der Waals surface area contributed by atoms with Crippen molar-refractivity contribution in [1.82, 2.24) is 5.32 Å². The predicted molar refractivity (Wildman–Crippen MR) is 151 cm³/mol. The first kappa shape index (κ1) is 25.2. The fourth-order valence-electron chi connectivity index (χ4n) is 3.35. The number of aryl methyl sites for hydroxylation is 1. The van der Waals surface area contributed by atoms with Crippen LogP contribution in [0.5, 0.6) is 11.5 Å². The molecule has 2 N–H and O–H groups in total. The summed E-state index contributed by atoms with van der Waals surface area (Å²) >= 11 is 13.1. The first-order chi connectivity index (χ1) is 16.3. The Kier molecular flexibility index (Phi) is 8.34. The van der Waals surface area contributed by atoms with Gasteiger partial charge in [-0.2, -0.15) is 0 Å². The van der Waals surface area contributed by atoms with E-state index < -0.39 is 0 Å². The van der Waals surface area contributed by atoms with Crippen LogP contribution in [0.15, 0.2) is 64.0 Å². The van der Waals surface area contributed by atoms with Crippen molar-refractivity contribution < 1.29 is 14.3 Å². The van der Waals surface area contributed by atoms with Crippen LogP contribution in [0, 0.1) is 10.5 Å². The van der Waals surface area contributed by atoms with E-state index in [1.807, 2.05) is 67.6 Å². The molecule has 1 atom stereocenters. The second kappa shape index (κ2) is 11.2. The zero-order valence-electron chi connectivity index (χ0n) is 18.3. The molecule has 0 aromatic heterocycles. The third-order valence-electron chi connectivity index (χ3n) is 5.05. The van der Waals surface area contributed by atoms with Gasteiger partial charge in [0.25, 0.3) is 5.91 Å². The van der Waals surface area contributed by atoms with Crippen molar-refractivity contribution in [2.75, 3.05) is 12.4 Å². The number of anilines is 1. The van der Waals surface area contributed by atoms with Crippen LogP contribution in [-0.4, -0.2) is 18.5 Å². The molecule has 176 valence electrons. The SMILES string of the molecule is COc1cc(/C=C2\SC(Nc3ccc(Cl)cc3C)NC2=O)cc(I)c1OCc1ccc(Br)cc1. The molecular weight excluding hydrogens is 651 g/mol. The normalized spacial score (nSPS) is 16.4. The van der Waals surface area contributed by atoms with Crippen molar-refractivity contribution in [2.24, 2.45) is 0 Å². The van der Waals surface area contributed by atoms with Gasteiger partial charge in [-0.15, -0.1) is 0 Å². The van der Waals surface area contributed by atoms with Gasteiger partial charge in [0.1, 0.15) is 6.61 Å². The lowest BCUT2D eigenvalue weighted by atomic mass is 10.2. The van der Waals surface area contributed by atoms with Gasteiger partial charge in [0.2, 0.25) is 0 Å². The number of benzene rings is 3. The van der Waals surface area contributed by atoms with Gasteiger partial charge >= 0.3 is 0 Å². The van der Waals surface area contributed by atoms with Crippen molar-refractivity contribution in [3.05, 3.63) is 89.3 Å². The third-order valence-corrected chi connectivity index (χ3v) is 7.65. The van der Waals surface area contributed by atoms with Gasteiger partial charge in [0.15, 0.2) is 17.0 Å². The molecule has 3 aromatic carbocycles. The molecule has 0 bridgehead atoms. The summed E-state index contributed by atoms with van der Waals surface area (Å²) in [6, 6.07) is 17.5. The highest BCUT2D eigenvalue weighted by Crippen LogP contribution is 2.37. The highest BCUT2D eigenvalue weighted by atomic mass is 127. The Morgan fingerprint density at radius 3 is 2.68 bits per heavy atom. The van der Waals surface area contributed by atoms with Crippen LogP contribution in [0.3, 0.4) is 0 Å². The number of hydrogen-bond donors (Lipinski definition) is 2. The molecule has 1 unspecified atom stereocenters. The second-order valence-corrected chi connectivity index (χ2v) is 11.2. The summed E-state index contributed by atoms with van der Waals surface area (Å²) < 4.78 is 13.6. The summed E-state index contributed by atoms with van der Waals surface area (Å²) in [6.45, 7) is 2.40. The van der Waals surface area contributed by atoms with Gasteiger partial charge < -0.3 is 20.1 Å². The fourth-order valence-corrected chi connectivity index (χ4v) is 5.59. The van der Waals surface area contributed by atoms with Gasteiger partial charge in [-0.1, -0.05) is 51.4 Å².